The van der Waals surface area contributed by atoms with E-state index in [4.69, 9.17) is 14.2 Å². The van der Waals surface area contributed by atoms with Gasteiger partial charge in [-0.2, -0.15) is 0 Å². The smallest absolute Gasteiger partial charge is 0.251 e. The highest BCUT2D eigenvalue weighted by Crippen LogP contribution is 2.29. The van der Waals surface area contributed by atoms with Crippen molar-refractivity contribution in [3.63, 3.8) is 0 Å². The predicted octanol–water partition coefficient (Wildman–Crippen LogP) is 4.99. The topological polar surface area (TPSA) is 56.8 Å². The fourth-order valence-corrected chi connectivity index (χ4v) is 2.93. The van der Waals surface area contributed by atoms with Crippen LogP contribution in [0.15, 0.2) is 72.8 Å². The van der Waals surface area contributed by atoms with Gasteiger partial charge in [-0.15, -0.1) is 0 Å². The summed E-state index contributed by atoms with van der Waals surface area (Å²) in [5.74, 6) is 1.82. The second-order valence-corrected chi connectivity index (χ2v) is 7.14. The van der Waals surface area contributed by atoms with Crippen LogP contribution in [0.5, 0.6) is 17.2 Å². The largest absolute Gasteiger partial charge is 0.493 e. The molecule has 0 saturated heterocycles. The van der Waals surface area contributed by atoms with Gasteiger partial charge in [0.15, 0.2) is 11.5 Å². The van der Waals surface area contributed by atoms with E-state index in [0.29, 0.717) is 36.0 Å². The molecule has 0 radical (unpaired) electrons. The SMILES string of the molecule is COc1cc(CNC(=O)c2cccc(OCc3ccccc3)c2)ccc1OC(C)C. The molecule has 30 heavy (non-hydrogen) atoms. The molecule has 0 unspecified atom stereocenters. The Kier molecular flexibility index (Phi) is 7.33. The molecule has 3 rings (SSSR count). The average molecular weight is 405 g/mol. The van der Waals surface area contributed by atoms with E-state index in [9.17, 15) is 4.79 Å². The monoisotopic (exact) mass is 405 g/mol. The summed E-state index contributed by atoms with van der Waals surface area (Å²) in [4.78, 5) is 12.6. The zero-order valence-electron chi connectivity index (χ0n) is 17.6. The van der Waals surface area contributed by atoms with Gasteiger partial charge in [-0.25, -0.2) is 0 Å². The lowest BCUT2D eigenvalue weighted by Crippen LogP contribution is -2.22. The van der Waals surface area contributed by atoms with Gasteiger partial charge in [-0.3, -0.25) is 4.79 Å². The zero-order chi connectivity index (χ0) is 21.3. The van der Waals surface area contributed by atoms with Crippen molar-refractivity contribution in [2.24, 2.45) is 0 Å². The van der Waals surface area contributed by atoms with Crippen LogP contribution in [0.25, 0.3) is 0 Å². The van der Waals surface area contributed by atoms with Crippen molar-refractivity contribution < 1.29 is 19.0 Å². The molecule has 3 aromatic carbocycles. The lowest BCUT2D eigenvalue weighted by Gasteiger charge is -2.15. The number of rotatable bonds is 9. The highest BCUT2D eigenvalue weighted by molar-refractivity contribution is 5.94. The first-order chi connectivity index (χ1) is 14.5. The van der Waals surface area contributed by atoms with Gasteiger partial charge in [0.25, 0.3) is 5.91 Å². The molecule has 0 aromatic heterocycles. The maximum absolute atomic E-state index is 12.6. The van der Waals surface area contributed by atoms with Gasteiger partial charge in [0.1, 0.15) is 12.4 Å². The number of carbonyl (C=O) groups is 1. The number of benzene rings is 3. The van der Waals surface area contributed by atoms with Crippen LogP contribution in [-0.2, 0) is 13.2 Å². The normalized spacial score (nSPS) is 10.5. The second kappa shape index (κ2) is 10.3. The summed E-state index contributed by atoms with van der Waals surface area (Å²) in [6.45, 7) is 4.76. The lowest BCUT2D eigenvalue weighted by molar-refractivity contribution is 0.0950. The Labute approximate surface area is 177 Å². The van der Waals surface area contributed by atoms with Gasteiger partial charge in [0, 0.05) is 12.1 Å². The molecule has 5 heteroatoms. The van der Waals surface area contributed by atoms with E-state index in [1.807, 2.05) is 74.5 Å². The van der Waals surface area contributed by atoms with Crippen LogP contribution in [0, 0.1) is 0 Å². The molecule has 0 fully saturated rings. The Hall–Kier alpha value is -3.47. The summed E-state index contributed by atoms with van der Waals surface area (Å²) < 4.78 is 16.9. The minimum absolute atomic E-state index is 0.0563. The third-order valence-electron chi connectivity index (χ3n) is 4.39. The van der Waals surface area contributed by atoms with Crippen molar-refractivity contribution in [1.82, 2.24) is 5.32 Å². The Morgan fingerprint density at radius 3 is 2.43 bits per heavy atom. The predicted molar refractivity (Wildman–Crippen MR) is 117 cm³/mol. The molecule has 1 N–H and O–H groups in total. The molecule has 0 spiro atoms. The Bertz CT molecular complexity index is 970. The summed E-state index contributed by atoms with van der Waals surface area (Å²) in [7, 11) is 1.60. The minimum Gasteiger partial charge on any atom is -0.493 e. The molecule has 5 nitrogen and oxygen atoms in total. The molecular weight excluding hydrogens is 378 g/mol. The first-order valence-corrected chi connectivity index (χ1v) is 9.93. The van der Waals surface area contributed by atoms with Gasteiger partial charge in [0.05, 0.1) is 13.2 Å². The molecule has 0 aliphatic rings. The summed E-state index contributed by atoms with van der Waals surface area (Å²) in [6, 6.07) is 22.7. The molecule has 1 amide bonds. The quantitative estimate of drug-likeness (QED) is 0.545. The summed E-state index contributed by atoms with van der Waals surface area (Å²) >= 11 is 0. The number of hydrogen-bond acceptors (Lipinski definition) is 4. The van der Waals surface area contributed by atoms with Crippen molar-refractivity contribution in [3.05, 3.63) is 89.5 Å². The van der Waals surface area contributed by atoms with Gasteiger partial charge >= 0.3 is 0 Å². The third-order valence-corrected chi connectivity index (χ3v) is 4.39. The standard InChI is InChI=1S/C25H27NO4/c1-18(2)30-23-13-12-20(14-24(23)28-3)16-26-25(27)21-10-7-11-22(15-21)29-17-19-8-5-4-6-9-19/h4-15,18H,16-17H2,1-3H3,(H,26,27). The van der Waals surface area contributed by atoms with E-state index in [0.717, 1.165) is 11.1 Å². The molecule has 0 aliphatic carbocycles. The zero-order valence-corrected chi connectivity index (χ0v) is 17.6. The van der Waals surface area contributed by atoms with Crippen LogP contribution in [0.2, 0.25) is 0 Å². The van der Waals surface area contributed by atoms with E-state index in [1.54, 1.807) is 19.2 Å². The number of nitrogens with one attached hydrogen (secondary N) is 1. The fraction of sp³-hybridized carbons (Fsp3) is 0.240. The second-order valence-electron chi connectivity index (χ2n) is 7.14. The van der Waals surface area contributed by atoms with Crippen LogP contribution in [-0.4, -0.2) is 19.1 Å². The van der Waals surface area contributed by atoms with Crippen LogP contribution in [0.4, 0.5) is 0 Å². The Balaban J connectivity index is 1.59. The molecular formula is C25H27NO4. The molecule has 0 atom stereocenters. The number of ether oxygens (including phenoxy) is 3. The van der Waals surface area contributed by atoms with Crippen LogP contribution >= 0.6 is 0 Å². The molecule has 0 heterocycles. The Morgan fingerprint density at radius 2 is 1.70 bits per heavy atom. The Morgan fingerprint density at radius 1 is 0.900 bits per heavy atom. The van der Waals surface area contributed by atoms with E-state index in [1.165, 1.54) is 0 Å². The average Bonchev–Trinajstić information content (AvgIpc) is 2.77. The van der Waals surface area contributed by atoms with E-state index in [-0.39, 0.29) is 12.0 Å². The molecule has 0 aliphatic heterocycles. The summed E-state index contributed by atoms with van der Waals surface area (Å²) in [6.07, 6.45) is 0.0563. The van der Waals surface area contributed by atoms with Crippen molar-refractivity contribution in [2.45, 2.75) is 33.1 Å². The van der Waals surface area contributed by atoms with Gasteiger partial charge in [-0.1, -0.05) is 42.5 Å². The maximum atomic E-state index is 12.6. The van der Waals surface area contributed by atoms with Crippen LogP contribution < -0.4 is 19.5 Å². The number of amides is 1. The van der Waals surface area contributed by atoms with Crippen molar-refractivity contribution >= 4 is 5.91 Å². The summed E-state index contributed by atoms with van der Waals surface area (Å²) in [5, 5.41) is 2.94. The first kappa shape index (κ1) is 21.2. The molecule has 3 aromatic rings. The third kappa shape index (κ3) is 6.01. The van der Waals surface area contributed by atoms with E-state index in [2.05, 4.69) is 5.32 Å². The van der Waals surface area contributed by atoms with Crippen LogP contribution in [0.3, 0.4) is 0 Å². The minimum atomic E-state index is -0.165. The highest BCUT2D eigenvalue weighted by Gasteiger charge is 2.10. The van der Waals surface area contributed by atoms with E-state index >= 15 is 0 Å². The van der Waals surface area contributed by atoms with Crippen molar-refractivity contribution in [3.8, 4) is 17.2 Å². The van der Waals surface area contributed by atoms with Crippen molar-refractivity contribution in [1.29, 1.82) is 0 Å². The number of carbonyl (C=O) groups excluding carboxylic acids is 1. The van der Waals surface area contributed by atoms with Gasteiger partial charge < -0.3 is 19.5 Å². The van der Waals surface area contributed by atoms with Crippen LogP contribution in [0.1, 0.15) is 35.3 Å². The molecule has 0 bridgehead atoms. The lowest BCUT2D eigenvalue weighted by atomic mass is 10.1. The fourth-order valence-electron chi connectivity index (χ4n) is 2.93. The first-order valence-electron chi connectivity index (χ1n) is 9.93. The highest BCUT2D eigenvalue weighted by atomic mass is 16.5. The molecule has 156 valence electrons. The maximum Gasteiger partial charge on any atom is 0.251 e. The van der Waals surface area contributed by atoms with E-state index < -0.39 is 0 Å². The summed E-state index contributed by atoms with van der Waals surface area (Å²) in [5.41, 5.74) is 2.55. The number of hydrogen-bond donors (Lipinski definition) is 1. The van der Waals surface area contributed by atoms with Gasteiger partial charge in [-0.05, 0) is 55.3 Å². The van der Waals surface area contributed by atoms with Crippen molar-refractivity contribution in [2.75, 3.05) is 7.11 Å². The number of methoxy groups -OCH3 is 1. The molecule has 0 saturated carbocycles. The van der Waals surface area contributed by atoms with Gasteiger partial charge in [0.2, 0.25) is 0 Å².